The van der Waals surface area contributed by atoms with Gasteiger partial charge in [-0.3, -0.25) is 4.79 Å². The van der Waals surface area contributed by atoms with Gasteiger partial charge in [0.25, 0.3) is 5.91 Å². The number of carbonyl (C=O) groups excluding carboxylic acids is 1. The first kappa shape index (κ1) is 26.0. The third kappa shape index (κ3) is 4.20. The van der Waals surface area contributed by atoms with Gasteiger partial charge in [-0.1, -0.05) is 79.3 Å². The number of aliphatic hydroxyl groups is 1. The van der Waals surface area contributed by atoms with E-state index in [0.29, 0.717) is 18.0 Å². The molecule has 5 nitrogen and oxygen atoms in total. The minimum absolute atomic E-state index is 0.00137. The fourth-order valence-corrected chi connectivity index (χ4v) is 10.8. The van der Waals surface area contributed by atoms with Gasteiger partial charge in [0.15, 0.2) is 5.60 Å². The summed E-state index contributed by atoms with van der Waals surface area (Å²) in [4.78, 5) is 16.3. The molecular weight excluding hydrogens is 502 g/mol. The second-order valence-corrected chi connectivity index (χ2v) is 15.8. The van der Waals surface area contributed by atoms with Crippen LogP contribution in [-0.4, -0.2) is 38.9 Å². The molecular formula is C30H34ClNO4Si. The molecule has 0 radical (unpaired) electrons. The first-order valence-electron chi connectivity index (χ1n) is 12.8. The van der Waals surface area contributed by atoms with Crippen LogP contribution in [0.25, 0.3) is 0 Å². The molecule has 1 N–H and O–H groups in total. The third-order valence-corrected chi connectivity index (χ3v) is 13.0. The van der Waals surface area contributed by atoms with Crippen LogP contribution in [0, 0.1) is 5.92 Å². The van der Waals surface area contributed by atoms with E-state index in [0.717, 1.165) is 22.6 Å². The van der Waals surface area contributed by atoms with Gasteiger partial charge >= 0.3 is 0 Å². The van der Waals surface area contributed by atoms with Crippen LogP contribution >= 0.6 is 11.6 Å². The SMILES string of the molecule is COc1ccc([Si](C)(C)[C@@H]2[C@@H](CCO)O[C@]3(C(=O)N(Cc4ccccc4)c4ccc(Cl)cc43)[C@H]2C)cc1. The number of halogens is 1. The van der Waals surface area contributed by atoms with E-state index in [2.05, 4.69) is 32.2 Å². The summed E-state index contributed by atoms with van der Waals surface area (Å²) >= 11 is 6.51. The van der Waals surface area contributed by atoms with Crippen molar-refractivity contribution < 1.29 is 19.4 Å². The lowest BCUT2D eigenvalue weighted by Crippen LogP contribution is -2.51. The number of hydrogen-bond acceptors (Lipinski definition) is 4. The smallest absolute Gasteiger partial charge is 0.264 e. The van der Waals surface area contributed by atoms with Crippen molar-refractivity contribution in [2.75, 3.05) is 18.6 Å². The summed E-state index contributed by atoms with van der Waals surface area (Å²) in [6.07, 6.45) is 0.224. The quantitative estimate of drug-likeness (QED) is 0.406. The first-order chi connectivity index (χ1) is 17.7. The van der Waals surface area contributed by atoms with E-state index in [9.17, 15) is 9.90 Å². The van der Waals surface area contributed by atoms with Gasteiger partial charge < -0.3 is 19.5 Å². The molecule has 3 aromatic rings. The summed E-state index contributed by atoms with van der Waals surface area (Å²) in [5.41, 5.74) is 1.68. The molecule has 1 spiro atoms. The van der Waals surface area contributed by atoms with Crippen LogP contribution in [0.3, 0.4) is 0 Å². The first-order valence-corrected chi connectivity index (χ1v) is 16.3. The Morgan fingerprint density at radius 1 is 1.08 bits per heavy atom. The second-order valence-electron chi connectivity index (χ2n) is 10.7. The minimum Gasteiger partial charge on any atom is -0.497 e. The largest absolute Gasteiger partial charge is 0.497 e. The molecule has 37 heavy (non-hydrogen) atoms. The van der Waals surface area contributed by atoms with Crippen molar-refractivity contribution in [2.24, 2.45) is 5.92 Å². The van der Waals surface area contributed by atoms with E-state index >= 15 is 0 Å². The molecule has 4 atom stereocenters. The van der Waals surface area contributed by atoms with Gasteiger partial charge in [-0.25, -0.2) is 0 Å². The molecule has 0 aliphatic carbocycles. The van der Waals surface area contributed by atoms with Gasteiger partial charge in [0.05, 0.1) is 33.5 Å². The number of ether oxygens (including phenoxy) is 2. The summed E-state index contributed by atoms with van der Waals surface area (Å²) in [7, 11) is -0.527. The number of rotatable bonds is 7. The second kappa shape index (κ2) is 9.91. The average Bonchev–Trinajstić information content (AvgIpc) is 3.32. The fraction of sp³-hybridized carbons (Fsp3) is 0.367. The van der Waals surface area contributed by atoms with E-state index in [1.54, 1.807) is 7.11 Å². The molecule has 0 unspecified atom stereocenters. The van der Waals surface area contributed by atoms with Gasteiger partial charge in [0.2, 0.25) is 0 Å². The number of methoxy groups -OCH3 is 1. The highest BCUT2D eigenvalue weighted by Gasteiger charge is 2.66. The van der Waals surface area contributed by atoms with Crippen LogP contribution in [0.1, 0.15) is 24.5 Å². The summed E-state index contributed by atoms with van der Waals surface area (Å²) in [5, 5.41) is 11.9. The molecule has 2 aliphatic heterocycles. The normalized spacial score (nSPS) is 25.1. The average molecular weight is 536 g/mol. The van der Waals surface area contributed by atoms with Crippen molar-refractivity contribution in [3.05, 3.63) is 88.9 Å². The maximum absolute atomic E-state index is 14.4. The van der Waals surface area contributed by atoms with Gasteiger partial charge in [-0.15, -0.1) is 0 Å². The molecule has 1 fully saturated rings. The zero-order valence-corrected chi connectivity index (χ0v) is 23.5. The number of nitrogens with zero attached hydrogens (tertiary/aromatic N) is 1. The Morgan fingerprint density at radius 2 is 1.78 bits per heavy atom. The monoisotopic (exact) mass is 535 g/mol. The maximum atomic E-state index is 14.4. The standard InChI is InChI=1S/C30H34ClNO4Si/c1-20-28(37(3,4)24-13-11-23(35-2)12-14-24)27(16-17-33)36-30(20)25-18-22(31)10-15-26(25)32(29(30)34)19-21-8-6-5-7-9-21/h5-15,18,20,27-28,33H,16-17,19H2,1-4H3/t20-,27+,28-,30+/m0/s1. The van der Waals surface area contributed by atoms with E-state index in [1.165, 1.54) is 5.19 Å². The van der Waals surface area contributed by atoms with Crippen LogP contribution in [-0.2, 0) is 21.7 Å². The van der Waals surface area contributed by atoms with Crippen molar-refractivity contribution in [1.82, 2.24) is 0 Å². The number of amides is 1. The Morgan fingerprint density at radius 3 is 2.43 bits per heavy atom. The lowest BCUT2D eigenvalue weighted by Gasteiger charge is -2.37. The minimum atomic E-state index is -2.19. The molecule has 194 valence electrons. The Bertz CT molecular complexity index is 1280. The number of fused-ring (bicyclic) bond motifs is 2. The van der Waals surface area contributed by atoms with E-state index in [1.807, 2.05) is 65.6 Å². The van der Waals surface area contributed by atoms with Crippen LogP contribution in [0.15, 0.2) is 72.8 Å². The van der Waals surface area contributed by atoms with Crippen molar-refractivity contribution in [2.45, 2.75) is 50.2 Å². The van der Waals surface area contributed by atoms with Crippen LogP contribution in [0.5, 0.6) is 5.75 Å². The summed E-state index contributed by atoms with van der Waals surface area (Å²) < 4.78 is 12.3. The Balaban J connectivity index is 1.61. The molecule has 7 heteroatoms. The van der Waals surface area contributed by atoms with Crippen molar-refractivity contribution in [1.29, 1.82) is 0 Å². The number of carbonyl (C=O) groups is 1. The molecule has 2 aliphatic rings. The molecule has 1 amide bonds. The third-order valence-electron chi connectivity index (χ3n) is 8.39. The molecule has 0 bridgehead atoms. The molecule has 3 aromatic carbocycles. The van der Waals surface area contributed by atoms with E-state index in [-0.39, 0.29) is 30.1 Å². The summed E-state index contributed by atoms with van der Waals surface area (Å²) in [6.45, 7) is 7.28. The lowest BCUT2D eigenvalue weighted by atomic mass is 9.82. The van der Waals surface area contributed by atoms with Crippen LogP contribution in [0.2, 0.25) is 23.7 Å². The van der Waals surface area contributed by atoms with Crippen molar-refractivity contribution in [3.63, 3.8) is 0 Å². The zero-order valence-electron chi connectivity index (χ0n) is 21.8. The Labute approximate surface area is 225 Å². The van der Waals surface area contributed by atoms with E-state index < -0.39 is 13.7 Å². The fourth-order valence-electron chi connectivity index (χ4n) is 6.61. The van der Waals surface area contributed by atoms with Crippen molar-refractivity contribution in [3.8, 4) is 5.75 Å². The molecule has 2 heterocycles. The highest BCUT2D eigenvalue weighted by atomic mass is 35.5. The number of anilines is 1. The van der Waals surface area contributed by atoms with E-state index in [4.69, 9.17) is 21.1 Å². The van der Waals surface area contributed by atoms with Gasteiger partial charge in [0.1, 0.15) is 5.75 Å². The van der Waals surface area contributed by atoms with Gasteiger partial charge in [0, 0.05) is 23.1 Å². The molecule has 0 saturated carbocycles. The lowest BCUT2D eigenvalue weighted by molar-refractivity contribution is -0.146. The predicted octanol–water partition coefficient (Wildman–Crippen LogP) is 5.49. The molecule has 1 saturated heterocycles. The number of aliphatic hydroxyl groups excluding tert-OH is 1. The highest BCUT2D eigenvalue weighted by Crippen LogP contribution is 2.60. The number of hydrogen-bond donors (Lipinski definition) is 1. The van der Waals surface area contributed by atoms with Gasteiger partial charge in [-0.05, 0) is 47.9 Å². The van der Waals surface area contributed by atoms with Crippen LogP contribution in [0.4, 0.5) is 5.69 Å². The van der Waals surface area contributed by atoms with Crippen LogP contribution < -0.4 is 14.8 Å². The zero-order chi connectivity index (χ0) is 26.4. The summed E-state index contributed by atoms with van der Waals surface area (Å²) in [6, 6.07) is 24.0. The molecule has 5 rings (SSSR count). The maximum Gasteiger partial charge on any atom is 0.264 e. The summed E-state index contributed by atoms with van der Waals surface area (Å²) in [5.74, 6) is 0.656. The highest BCUT2D eigenvalue weighted by molar-refractivity contribution is 6.91. The number of benzene rings is 3. The molecule has 0 aromatic heterocycles. The van der Waals surface area contributed by atoms with Crippen molar-refractivity contribution >= 4 is 36.5 Å². The Kier molecular flexibility index (Phi) is 6.96. The van der Waals surface area contributed by atoms with Gasteiger partial charge in [-0.2, -0.15) is 0 Å². The predicted molar refractivity (Wildman–Crippen MR) is 150 cm³/mol. The Hall–Kier alpha value is -2.64. The topological polar surface area (TPSA) is 59.0 Å².